The average Bonchev–Trinajstić information content (AvgIpc) is 2.40. The van der Waals surface area contributed by atoms with Crippen molar-refractivity contribution in [3.63, 3.8) is 0 Å². The number of aromatic hydroxyl groups is 1. The summed E-state index contributed by atoms with van der Waals surface area (Å²) in [5.74, 6) is -1.70. The Kier molecular flexibility index (Phi) is 5.77. The Morgan fingerprint density at radius 1 is 0.850 bits per heavy atom. The van der Waals surface area contributed by atoms with Crippen molar-refractivity contribution in [3.8, 4) is 5.75 Å². The molecule has 0 spiro atoms. The number of phenolic OH excluding ortho intramolecular Hbond substituents is 1. The fourth-order valence-corrected chi connectivity index (χ4v) is 1.37. The summed E-state index contributed by atoms with van der Waals surface area (Å²) in [6.07, 6.45) is 0.112. The van der Waals surface area contributed by atoms with Gasteiger partial charge in [0.1, 0.15) is 5.75 Å². The zero-order valence-corrected chi connectivity index (χ0v) is 10.6. The summed E-state index contributed by atoms with van der Waals surface area (Å²) in [5.41, 5.74) is 1.02. The standard InChI is InChI=1S/C8H8O2.C7H6O3/c9-8(10)6-7-4-2-1-3-5-7;8-6-3-1-5(2-4-6)7(9)10/h1-5H,6H2,(H,9,10);1-4,8H,(H,9,10). The summed E-state index contributed by atoms with van der Waals surface area (Å²) in [4.78, 5) is 20.4. The van der Waals surface area contributed by atoms with Crippen molar-refractivity contribution in [2.75, 3.05) is 0 Å². The van der Waals surface area contributed by atoms with Gasteiger partial charge in [-0.15, -0.1) is 0 Å². The fourth-order valence-electron chi connectivity index (χ4n) is 1.37. The van der Waals surface area contributed by atoms with Crippen LogP contribution in [0, 0.1) is 0 Å². The number of aromatic carboxylic acids is 1. The van der Waals surface area contributed by atoms with Crippen LogP contribution >= 0.6 is 0 Å². The number of hydrogen-bond acceptors (Lipinski definition) is 3. The maximum Gasteiger partial charge on any atom is 0.335 e. The molecule has 0 unspecified atom stereocenters. The predicted octanol–water partition coefficient (Wildman–Crippen LogP) is 2.40. The van der Waals surface area contributed by atoms with Gasteiger partial charge in [-0.3, -0.25) is 4.79 Å². The van der Waals surface area contributed by atoms with Crippen LogP contribution < -0.4 is 0 Å². The van der Waals surface area contributed by atoms with Crippen LogP contribution in [0.15, 0.2) is 54.6 Å². The first kappa shape index (κ1) is 15.2. The van der Waals surface area contributed by atoms with Gasteiger partial charge in [-0.25, -0.2) is 4.79 Å². The van der Waals surface area contributed by atoms with Gasteiger partial charge in [-0.1, -0.05) is 30.3 Å². The Balaban J connectivity index is 0.000000200. The second-order valence-corrected chi connectivity index (χ2v) is 3.91. The quantitative estimate of drug-likeness (QED) is 0.798. The molecule has 0 aliphatic heterocycles. The van der Waals surface area contributed by atoms with Gasteiger partial charge in [-0.05, 0) is 29.8 Å². The molecule has 2 aromatic carbocycles. The molecule has 0 amide bonds. The molecule has 0 aromatic heterocycles. The van der Waals surface area contributed by atoms with E-state index >= 15 is 0 Å². The summed E-state index contributed by atoms with van der Waals surface area (Å²) >= 11 is 0. The van der Waals surface area contributed by atoms with E-state index in [4.69, 9.17) is 15.3 Å². The van der Waals surface area contributed by atoms with Crippen LogP contribution in [0.4, 0.5) is 0 Å². The van der Waals surface area contributed by atoms with E-state index in [1.54, 1.807) is 12.1 Å². The first-order chi connectivity index (χ1) is 9.49. The summed E-state index contributed by atoms with van der Waals surface area (Å²) in [7, 11) is 0. The molecule has 0 aliphatic carbocycles. The van der Waals surface area contributed by atoms with Crippen LogP contribution in [0.3, 0.4) is 0 Å². The van der Waals surface area contributed by atoms with Crippen LogP contribution in [-0.4, -0.2) is 27.3 Å². The van der Waals surface area contributed by atoms with Crippen LogP contribution in [0.25, 0.3) is 0 Å². The van der Waals surface area contributed by atoms with Gasteiger partial charge in [0.05, 0.1) is 12.0 Å². The zero-order valence-electron chi connectivity index (χ0n) is 10.6. The first-order valence-electron chi connectivity index (χ1n) is 5.77. The van der Waals surface area contributed by atoms with E-state index < -0.39 is 11.9 Å². The van der Waals surface area contributed by atoms with E-state index in [0.717, 1.165) is 5.56 Å². The minimum Gasteiger partial charge on any atom is -0.508 e. The molecular weight excluding hydrogens is 260 g/mol. The third-order valence-electron chi connectivity index (χ3n) is 2.31. The molecule has 3 N–H and O–H groups in total. The number of carboxylic acids is 2. The third-order valence-corrected chi connectivity index (χ3v) is 2.31. The minimum atomic E-state index is -0.986. The van der Waals surface area contributed by atoms with E-state index in [1.807, 2.05) is 18.2 Å². The van der Waals surface area contributed by atoms with E-state index in [-0.39, 0.29) is 17.7 Å². The topological polar surface area (TPSA) is 94.8 Å². The second kappa shape index (κ2) is 7.58. The molecule has 0 bridgehead atoms. The Labute approximate surface area is 115 Å². The van der Waals surface area contributed by atoms with Crippen molar-refractivity contribution in [1.82, 2.24) is 0 Å². The van der Waals surface area contributed by atoms with E-state index in [1.165, 1.54) is 24.3 Å². The highest BCUT2D eigenvalue weighted by Crippen LogP contribution is 2.08. The van der Waals surface area contributed by atoms with Crippen molar-refractivity contribution in [3.05, 3.63) is 65.7 Å². The average molecular weight is 274 g/mol. The van der Waals surface area contributed by atoms with Crippen LogP contribution in [0.2, 0.25) is 0 Å². The maximum absolute atomic E-state index is 10.2. The van der Waals surface area contributed by atoms with Gasteiger partial charge in [0.15, 0.2) is 0 Å². The summed E-state index contributed by atoms with van der Waals surface area (Å²) in [6, 6.07) is 14.5. The fraction of sp³-hybridized carbons (Fsp3) is 0.0667. The lowest BCUT2D eigenvalue weighted by Crippen LogP contribution is -1.98. The molecule has 2 rings (SSSR count). The van der Waals surface area contributed by atoms with Crippen molar-refractivity contribution < 1.29 is 24.9 Å². The van der Waals surface area contributed by atoms with Crippen LogP contribution in [0.5, 0.6) is 5.75 Å². The van der Waals surface area contributed by atoms with Crippen molar-refractivity contribution >= 4 is 11.9 Å². The Morgan fingerprint density at radius 3 is 1.85 bits per heavy atom. The molecule has 104 valence electrons. The summed E-state index contributed by atoms with van der Waals surface area (Å²) in [5, 5.41) is 25.5. The van der Waals surface area contributed by atoms with Crippen molar-refractivity contribution in [1.29, 1.82) is 0 Å². The molecule has 0 aliphatic rings. The maximum atomic E-state index is 10.2. The SMILES string of the molecule is O=C(O)Cc1ccccc1.O=C(O)c1ccc(O)cc1. The van der Waals surface area contributed by atoms with Gasteiger partial charge in [-0.2, -0.15) is 0 Å². The molecule has 0 saturated heterocycles. The highest BCUT2D eigenvalue weighted by molar-refractivity contribution is 5.87. The first-order valence-corrected chi connectivity index (χ1v) is 5.77. The van der Waals surface area contributed by atoms with Gasteiger partial charge in [0.2, 0.25) is 0 Å². The number of aliphatic carboxylic acids is 1. The Morgan fingerprint density at radius 2 is 1.40 bits per heavy atom. The van der Waals surface area contributed by atoms with Gasteiger partial charge in [0.25, 0.3) is 0 Å². The number of rotatable bonds is 3. The van der Waals surface area contributed by atoms with Crippen molar-refractivity contribution in [2.24, 2.45) is 0 Å². The largest absolute Gasteiger partial charge is 0.508 e. The van der Waals surface area contributed by atoms with Gasteiger partial charge < -0.3 is 15.3 Å². The summed E-state index contributed by atoms with van der Waals surface area (Å²) < 4.78 is 0. The normalized spacial score (nSPS) is 9.20. The highest BCUT2D eigenvalue weighted by atomic mass is 16.4. The second-order valence-electron chi connectivity index (χ2n) is 3.91. The number of benzene rings is 2. The highest BCUT2D eigenvalue weighted by Gasteiger charge is 1.99. The van der Waals surface area contributed by atoms with Crippen LogP contribution in [-0.2, 0) is 11.2 Å². The third kappa shape index (κ3) is 5.68. The molecule has 0 heterocycles. The number of carbonyl (C=O) groups is 2. The molecule has 0 fully saturated rings. The molecule has 20 heavy (non-hydrogen) atoms. The lowest BCUT2D eigenvalue weighted by molar-refractivity contribution is -0.136. The van der Waals surface area contributed by atoms with Crippen molar-refractivity contribution in [2.45, 2.75) is 6.42 Å². The van der Waals surface area contributed by atoms with E-state index in [0.29, 0.717) is 0 Å². The van der Waals surface area contributed by atoms with Crippen LogP contribution in [0.1, 0.15) is 15.9 Å². The molecule has 0 saturated carbocycles. The zero-order chi connectivity index (χ0) is 15.0. The van der Waals surface area contributed by atoms with Gasteiger partial charge >= 0.3 is 11.9 Å². The Hall–Kier alpha value is -2.82. The lowest BCUT2D eigenvalue weighted by Gasteiger charge is -1.92. The molecule has 5 heteroatoms. The molecular formula is C15H14O5. The van der Waals surface area contributed by atoms with E-state index in [2.05, 4.69) is 0 Å². The molecule has 5 nitrogen and oxygen atoms in total. The number of hydrogen-bond donors (Lipinski definition) is 3. The minimum absolute atomic E-state index is 0.0741. The molecule has 0 atom stereocenters. The Bertz CT molecular complexity index is 561. The smallest absolute Gasteiger partial charge is 0.335 e. The molecule has 0 radical (unpaired) electrons. The monoisotopic (exact) mass is 274 g/mol. The summed E-state index contributed by atoms with van der Waals surface area (Å²) in [6.45, 7) is 0. The van der Waals surface area contributed by atoms with Gasteiger partial charge in [0, 0.05) is 0 Å². The molecule has 2 aromatic rings. The van der Waals surface area contributed by atoms with E-state index in [9.17, 15) is 9.59 Å². The predicted molar refractivity (Wildman–Crippen MR) is 72.8 cm³/mol. The number of phenols is 1. The number of carboxylic acid groups (broad SMARTS) is 2. The lowest BCUT2D eigenvalue weighted by atomic mass is 10.2.